The van der Waals surface area contributed by atoms with Crippen LogP contribution >= 0.6 is 0 Å². The Morgan fingerprint density at radius 2 is 1.60 bits per heavy atom. The van der Waals surface area contributed by atoms with E-state index in [-0.39, 0.29) is 5.91 Å². The van der Waals surface area contributed by atoms with E-state index < -0.39 is 0 Å². The second-order valence-electron chi connectivity index (χ2n) is 4.72. The number of rotatable bonds is 7. The topological polar surface area (TPSA) is 52.3 Å². The van der Waals surface area contributed by atoms with Crippen molar-refractivity contribution in [2.45, 2.75) is 19.3 Å². The molecule has 2 rings (SSSR count). The lowest BCUT2D eigenvalue weighted by Gasteiger charge is -2.06. The van der Waals surface area contributed by atoms with Gasteiger partial charge in [-0.15, -0.1) is 0 Å². The molecule has 0 aliphatic heterocycles. The van der Waals surface area contributed by atoms with Gasteiger partial charge in [0.15, 0.2) is 0 Å². The van der Waals surface area contributed by atoms with E-state index in [9.17, 15) is 4.79 Å². The molecule has 0 atom stereocenters. The minimum absolute atomic E-state index is 0.297. The maximum Gasteiger partial charge on any atom is 0.221 e. The fraction of sp³-hybridized carbons (Fsp3) is 0.235. The minimum atomic E-state index is -0.297. The van der Waals surface area contributed by atoms with Crippen molar-refractivity contribution in [3.8, 4) is 5.75 Å². The van der Waals surface area contributed by atoms with Gasteiger partial charge in [0, 0.05) is 0 Å². The van der Waals surface area contributed by atoms with Gasteiger partial charge < -0.3 is 10.5 Å². The smallest absolute Gasteiger partial charge is 0.221 e. The van der Waals surface area contributed by atoms with E-state index in [2.05, 4.69) is 0 Å². The lowest BCUT2D eigenvalue weighted by atomic mass is 10.1. The molecule has 2 N–H and O–H groups in total. The molecule has 0 spiro atoms. The second-order valence-corrected chi connectivity index (χ2v) is 4.72. The zero-order valence-electron chi connectivity index (χ0n) is 11.4. The Kier molecular flexibility index (Phi) is 5.18. The molecule has 0 aromatic heterocycles. The largest absolute Gasteiger partial charge is 0.494 e. The summed E-state index contributed by atoms with van der Waals surface area (Å²) < 4.78 is 5.64. The molecular weight excluding hydrogens is 250 g/mol. The van der Waals surface area contributed by atoms with Gasteiger partial charge in [0.1, 0.15) is 5.75 Å². The van der Waals surface area contributed by atoms with Crippen LogP contribution in [0, 0.1) is 0 Å². The highest BCUT2D eigenvalue weighted by atomic mass is 16.5. The van der Waals surface area contributed by atoms with Gasteiger partial charge in [-0.2, -0.15) is 0 Å². The van der Waals surface area contributed by atoms with Crippen molar-refractivity contribution in [3.63, 3.8) is 0 Å². The van der Waals surface area contributed by atoms with Crippen molar-refractivity contribution >= 4 is 5.91 Å². The van der Waals surface area contributed by atoms with Crippen LogP contribution in [0.5, 0.6) is 5.75 Å². The third-order valence-electron chi connectivity index (χ3n) is 3.02. The first kappa shape index (κ1) is 14.1. The molecule has 0 heterocycles. The first-order valence-electron chi connectivity index (χ1n) is 6.78. The van der Waals surface area contributed by atoms with Gasteiger partial charge in [-0.1, -0.05) is 42.5 Å². The van der Waals surface area contributed by atoms with Gasteiger partial charge in [-0.05, 0) is 36.1 Å². The molecule has 0 aliphatic rings. The molecule has 2 aromatic carbocycles. The molecular formula is C17H19NO2. The van der Waals surface area contributed by atoms with Crippen molar-refractivity contribution in [2.24, 2.45) is 5.73 Å². The molecule has 0 aliphatic carbocycles. The van der Waals surface area contributed by atoms with Crippen LogP contribution in [0.4, 0.5) is 0 Å². The van der Waals surface area contributed by atoms with Crippen molar-refractivity contribution in [3.05, 3.63) is 65.7 Å². The Morgan fingerprint density at radius 1 is 0.950 bits per heavy atom. The molecule has 0 bridgehead atoms. The van der Waals surface area contributed by atoms with Gasteiger partial charge in [0.2, 0.25) is 5.91 Å². The lowest BCUT2D eigenvalue weighted by Crippen LogP contribution is -2.13. The highest BCUT2D eigenvalue weighted by Gasteiger charge is 1.99. The van der Waals surface area contributed by atoms with E-state index in [1.807, 2.05) is 54.6 Å². The second kappa shape index (κ2) is 7.34. The minimum Gasteiger partial charge on any atom is -0.494 e. The zero-order chi connectivity index (χ0) is 14.2. The predicted octanol–water partition coefficient (Wildman–Crippen LogP) is 2.73. The van der Waals surface area contributed by atoms with E-state index in [1.165, 1.54) is 5.56 Å². The number of primary amides is 1. The fourth-order valence-electron chi connectivity index (χ4n) is 2.01. The number of benzene rings is 2. The van der Waals surface area contributed by atoms with Crippen LogP contribution in [-0.2, 0) is 17.6 Å². The fourth-order valence-corrected chi connectivity index (χ4v) is 2.01. The van der Waals surface area contributed by atoms with Crippen molar-refractivity contribution in [1.82, 2.24) is 0 Å². The maximum atomic E-state index is 10.8. The number of carbonyl (C=O) groups is 1. The van der Waals surface area contributed by atoms with Gasteiger partial charge >= 0.3 is 0 Å². The Hall–Kier alpha value is -2.29. The quantitative estimate of drug-likeness (QED) is 0.786. The summed E-state index contributed by atoms with van der Waals surface area (Å²) in [5, 5.41) is 0. The van der Waals surface area contributed by atoms with Gasteiger partial charge in [-0.25, -0.2) is 0 Å². The van der Waals surface area contributed by atoms with E-state index in [1.54, 1.807) is 0 Å². The third-order valence-corrected chi connectivity index (χ3v) is 3.02. The molecule has 3 nitrogen and oxygen atoms in total. The molecule has 20 heavy (non-hydrogen) atoms. The average Bonchev–Trinajstić information content (AvgIpc) is 2.46. The number of ether oxygens (including phenoxy) is 1. The Morgan fingerprint density at radius 3 is 2.25 bits per heavy atom. The van der Waals surface area contributed by atoms with Gasteiger partial charge in [0.05, 0.1) is 13.0 Å². The van der Waals surface area contributed by atoms with E-state index >= 15 is 0 Å². The van der Waals surface area contributed by atoms with Gasteiger partial charge in [0.25, 0.3) is 0 Å². The number of aryl methyl sites for hydroxylation is 1. The normalized spacial score (nSPS) is 10.2. The molecule has 0 saturated heterocycles. The van der Waals surface area contributed by atoms with Crippen LogP contribution in [0.15, 0.2) is 54.6 Å². The summed E-state index contributed by atoms with van der Waals surface area (Å²) in [6.07, 6.45) is 2.23. The number of carbonyl (C=O) groups excluding carboxylic acids is 1. The van der Waals surface area contributed by atoms with E-state index in [4.69, 9.17) is 10.5 Å². The molecule has 104 valence electrons. The first-order chi connectivity index (χ1) is 9.74. The van der Waals surface area contributed by atoms with Crippen LogP contribution in [0.1, 0.15) is 17.5 Å². The Bertz CT molecular complexity index is 535. The van der Waals surface area contributed by atoms with Crippen molar-refractivity contribution < 1.29 is 9.53 Å². The van der Waals surface area contributed by atoms with E-state index in [0.29, 0.717) is 13.0 Å². The third kappa shape index (κ3) is 4.76. The summed E-state index contributed by atoms with van der Waals surface area (Å²) in [7, 11) is 0. The number of para-hydroxylation sites is 1. The Balaban J connectivity index is 1.73. The molecule has 0 fully saturated rings. The highest BCUT2D eigenvalue weighted by molar-refractivity contribution is 5.76. The molecule has 3 heteroatoms. The summed E-state index contributed by atoms with van der Waals surface area (Å²) in [6, 6.07) is 17.8. The highest BCUT2D eigenvalue weighted by Crippen LogP contribution is 2.10. The van der Waals surface area contributed by atoms with Crippen molar-refractivity contribution in [2.75, 3.05) is 6.61 Å². The molecule has 1 amide bonds. The Labute approximate surface area is 119 Å². The monoisotopic (exact) mass is 269 g/mol. The van der Waals surface area contributed by atoms with E-state index in [0.717, 1.165) is 24.2 Å². The van der Waals surface area contributed by atoms with Gasteiger partial charge in [-0.3, -0.25) is 4.79 Å². The molecule has 0 radical (unpaired) electrons. The van der Waals surface area contributed by atoms with Crippen molar-refractivity contribution in [1.29, 1.82) is 0 Å². The van der Waals surface area contributed by atoms with Crippen LogP contribution in [-0.4, -0.2) is 12.5 Å². The average molecular weight is 269 g/mol. The van der Waals surface area contributed by atoms with Crippen LogP contribution in [0.25, 0.3) is 0 Å². The maximum absolute atomic E-state index is 10.8. The standard InChI is InChI=1S/C17H19NO2/c18-17(19)13-15-10-8-14(9-11-15)5-4-12-20-16-6-2-1-3-7-16/h1-3,6-11H,4-5,12-13H2,(H2,18,19). The SMILES string of the molecule is NC(=O)Cc1ccc(CCCOc2ccccc2)cc1. The zero-order valence-corrected chi connectivity index (χ0v) is 11.4. The van der Waals surface area contributed by atoms with Crippen LogP contribution < -0.4 is 10.5 Å². The van der Waals surface area contributed by atoms with Crippen LogP contribution in [0.3, 0.4) is 0 Å². The number of hydrogen-bond donors (Lipinski definition) is 1. The summed E-state index contributed by atoms with van der Waals surface area (Å²) in [5.41, 5.74) is 7.37. The molecule has 0 saturated carbocycles. The summed E-state index contributed by atoms with van der Waals surface area (Å²) in [6.45, 7) is 0.701. The van der Waals surface area contributed by atoms with Crippen LogP contribution in [0.2, 0.25) is 0 Å². The number of nitrogens with two attached hydrogens (primary N) is 1. The lowest BCUT2D eigenvalue weighted by molar-refractivity contribution is -0.117. The predicted molar refractivity (Wildman–Crippen MR) is 79.6 cm³/mol. The summed E-state index contributed by atoms with van der Waals surface area (Å²) in [4.78, 5) is 10.8. The summed E-state index contributed by atoms with van der Waals surface area (Å²) in [5.74, 6) is 0.610. The number of amides is 1. The summed E-state index contributed by atoms with van der Waals surface area (Å²) >= 11 is 0. The molecule has 2 aromatic rings. The number of hydrogen-bond acceptors (Lipinski definition) is 2. The molecule has 0 unspecified atom stereocenters. The first-order valence-corrected chi connectivity index (χ1v) is 6.78.